The molecule has 0 bridgehead atoms. The van der Waals surface area contributed by atoms with Crippen LogP contribution in [0.1, 0.15) is 0 Å². The minimum absolute atomic E-state index is 0.0117. The maximum absolute atomic E-state index is 13.6. The van der Waals surface area contributed by atoms with Crippen molar-refractivity contribution in [3.05, 3.63) is 107 Å². The fourth-order valence-electron chi connectivity index (χ4n) is 3.83. The van der Waals surface area contributed by atoms with Crippen molar-refractivity contribution in [3.63, 3.8) is 0 Å². The summed E-state index contributed by atoms with van der Waals surface area (Å²) in [5.74, 6) is 0.0117. The molecule has 0 aliphatic heterocycles. The molecule has 1 N–H and O–H groups in total. The fraction of sp³-hybridized carbons (Fsp3) is 0. The van der Waals surface area contributed by atoms with Gasteiger partial charge < -0.3 is 5.11 Å². The van der Waals surface area contributed by atoms with Crippen LogP contribution in [0.4, 0.5) is 0 Å². The summed E-state index contributed by atoms with van der Waals surface area (Å²) >= 11 is 0. The van der Waals surface area contributed by atoms with Crippen molar-refractivity contribution in [3.8, 4) is 28.0 Å². The summed E-state index contributed by atoms with van der Waals surface area (Å²) in [6.45, 7) is 0. The third-order valence-corrected chi connectivity index (χ3v) is 5.11. The molecule has 28 heavy (non-hydrogen) atoms. The molecule has 2 aromatic heterocycles. The van der Waals surface area contributed by atoms with E-state index >= 15 is 0 Å². The van der Waals surface area contributed by atoms with Crippen LogP contribution in [0, 0.1) is 0 Å². The molecule has 0 unspecified atom stereocenters. The molecule has 3 heteroatoms. The molecule has 0 saturated heterocycles. The first kappa shape index (κ1) is 16.3. The van der Waals surface area contributed by atoms with Crippen LogP contribution in [-0.4, -0.2) is 9.51 Å². The van der Waals surface area contributed by atoms with Gasteiger partial charge in [-0.3, -0.25) is 9.20 Å². The number of aromatic hydroxyl groups is 1. The highest BCUT2D eigenvalue weighted by atomic mass is 16.3. The lowest BCUT2D eigenvalue weighted by molar-refractivity contribution is 0.478. The molecule has 0 amide bonds. The molecule has 0 saturated carbocycles. The van der Waals surface area contributed by atoms with Gasteiger partial charge in [-0.1, -0.05) is 84.9 Å². The second kappa shape index (κ2) is 6.39. The number of pyridine rings is 2. The monoisotopic (exact) mass is 363 g/mol. The Hall–Kier alpha value is -3.85. The van der Waals surface area contributed by atoms with E-state index in [-0.39, 0.29) is 11.3 Å². The number of benzene rings is 3. The molecular formula is C25H17NO2. The summed E-state index contributed by atoms with van der Waals surface area (Å²) in [6.07, 6.45) is 0. The quantitative estimate of drug-likeness (QED) is 0.421. The minimum Gasteiger partial charge on any atom is -0.506 e. The van der Waals surface area contributed by atoms with E-state index in [1.54, 1.807) is 4.40 Å². The summed E-state index contributed by atoms with van der Waals surface area (Å²) in [6, 6.07) is 30.7. The molecule has 5 rings (SSSR count). The van der Waals surface area contributed by atoms with Crippen molar-refractivity contribution >= 4 is 16.4 Å². The molecule has 0 aliphatic rings. The van der Waals surface area contributed by atoms with Crippen LogP contribution in [0.15, 0.2) is 102 Å². The molecule has 0 radical (unpaired) electrons. The summed E-state index contributed by atoms with van der Waals surface area (Å²) in [7, 11) is 0. The Morgan fingerprint density at radius 1 is 0.571 bits per heavy atom. The third kappa shape index (κ3) is 2.41. The Bertz CT molecular complexity index is 1370. The van der Waals surface area contributed by atoms with Gasteiger partial charge in [-0.05, 0) is 28.6 Å². The summed E-state index contributed by atoms with van der Waals surface area (Å²) in [4.78, 5) is 13.6. The average Bonchev–Trinajstić information content (AvgIpc) is 2.75. The SMILES string of the molecule is O=c1c(-c2ccccc2)c(O)c(-c2ccccc2)c2ccc3ccccc3n12. The molecule has 0 spiro atoms. The second-order valence-corrected chi connectivity index (χ2v) is 6.75. The van der Waals surface area contributed by atoms with Crippen molar-refractivity contribution in [1.82, 2.24) is 4.40 Å². The van der Waals surface area contributed by atoms with E-state index in [0.717, 1.165) is 16.5 Å². The van der Waals surface area contributed by atoms with Crippen molar-refractivity contribution in [2.24, 2.45) is 0 Å². The van der Waals surface area contributed by atoms with Gasteiger partial charge in [0.25, 0.3) is 5.56 Å². The molecule has 0 aliphatic carbocycles. The second-order valence-electron chi connectivity index (χ2n) is 6.75. The van der Waals surface area contributed by atoms with E-state index < -0.39 is 0 Å². The van der Waals surface area contributed by atoms with Crippen molar-refractivity contribution < 1.29 is 5.11 Å². The number of hydrogen-bond donors (Lipinski definition) is 1. The maximum Gasteiger partial charge on any atom is 0.267 e. The van der Waals surface area contributed by atoms with Crippen molar-refractivity contribution in [2.75, 3.05) is 0 Å². The van der Waals surface area contributed by atoms with Crippen LogP contribution >= 0.6 is 0 Å². The smallest absolute Gasteiger partial charge is 0.267 e. The highest BCUT2D eigenvalue weighted by molar-refractivity contribution is 5.95. The van der Waals surface area contributed by atoms with Crippen LogP contribution in [0.5, 0.6) is 5.75 Å². The zero-order valence-electron chi connectivity index (χ0n) is 15.0. The predicted molar refractivity (Wildman–Crippen MR) is 114 cm³/mol. The van der Waals surface area contributed by atoms with Gasteiger partial charge in [-0.15, -0.1) is 0 Å². The van der Waals surface area contributed by atoms with E-state index in [0.29, 0.717) is 22.2 Å². The summed E-state index contributed by atoms with van der Waals surface area (Å²) in [5, 5.41) is 12.2. The normalized spacial score (nSPS) is 11.1. The standard InChI is InChI=1S/C25H17NO2/c27-24-22(18-10-3-1-4-11-18)21-16-15-17-9-7-8-14-20(17)26(21)25(28)23(24)19-12-5-2-6-13-19/h1-16,27H. The van der Waals surface area contributed by atoms with Crippen molar-refractivity contribution in [1.29, 1.82) is 0 Å². The van der Waals surface area contributed by atoms with E-state index in [1.165, 1.54) is 0 Å². The zero-order chi connectivity index (χ0) is 19.1. The summed E-state index contributed by atoms with van der Waals surface area (Å²) in [5.41, 5.74) is 3.81. The molecule has 0 atom stereocenters. The lowest BCUT2D eigenvalue weighted by Gasteiger charge is -2.16. The van der Waals surface area contributed by atoms with Crippen LogP contribution in [0.3, 0.4) is 0 Å². The largest absolute Gasteiger partial charge is 0.506 e. The number of fused-ring (bicyclic) bond motifs is 3. The Labute approximate surface area is 161 Å². The molecule has 2 heterocycles. The van der Waals surface area contributed by atoms with Crippen LogP contribution < -0.4 is 5.56 Å². The van der Waals surface area contributed by atoms with E-state index in [4.69, 9.17) is 0 Å². The first-order valence-corrected chi connectivity index (χ1v) is 9.16. The van der Waals surface area contributed by atoms with Gasteiger partial charge in [0.1, 0.15) is 5.75 Å². The summed E-state index contributed by atoms with van der Waals surface area (Å²) < 4.78 is 1.71. The highest BCUT2D eigenvalue weighted by Crippen LogP contribution is 2.39. The van der Waals surface area contributed by atoms with Crippen LogP contribution in [0.25, 0.3) is 38.7 Å². The Morgan fingerprint density at radius 2 is 1.14 bits per heavy atom. The number of hydrogen-bond acceptors (Lipinski definition) is 2. The van der Waals surface area contributed by atoms with Crippen molar-refractivity contribution in [2.45, 2.75) is 0 Å². The topological polar surface area (TPSA) is 41.7 Å². The van der Waals surface area contributed by atoms with Crippen LogP contribution in [0.2, 0.25) is 0 Å². The van der Waals surface area contributed by atoms with Crippen LogP contribution in [-0.2, 0) is 0 Å². The first-order chi connectivity index (χ1) is 13.8. The van der Waals surface area contributed by atoms with Gasteiger partial charge >= 0.3 is 0 Å². The number of nitrogens with zero attached hydrogens (tertiary/aromatic N) is 1. The molecular weight excluding hydrogens is 346 g/mol. The van der Waals surface area contributed by atoms with Gasteiger partial charge in [0, 0.05) is 5.56 Å². The molecule has 3 aromatic carbocycles. The van der Waals surface area contributed by atoms with E-state index in [2.05, 4.69) is 0 Å². The Morgan fingerprint density at radius 3 is 1.82 bits per heavy atom. The molecule has 3 nitrogen and oxygen atoms in total. The Balaban J connectivity index is 2.04. The predicted octanol–water partition coefficient (Wildman–Crippen LogP) is 5.49. The van der Waals surface area contributed by atoms with Gasteiger partial charge in [-0.2, -0.15) is 0 Å². The molecule has 5 aromatic rings. The lowest BCUT2D eigenvalue weighted by Crippen LogP contribution is -2.17. The van der Waals surface area contributed by atoms with Gasteiger partial charge in [0.2, 0.25) is 0 Å². The first-order valence-electron chi connectivity index (χ1n) is 9.16. The number of para-hydroxylation sites is 1. The molecule has 0 fully saturated rings. The Kier molecular flexibility index (Phi) is 3.73. The minimum atomic E-state index is -0.227. The van der Waals surface area contributed by atoms with Gasteiger partial charge in [0.15, 0.2) is 0 Å². The van der Waals surface area contributed by atoms with E-state index in [1.807, 2.05) is 97.1 Å². The third-order valence-electron chi connectivity index (χ3n) is 5.11. The fourth-order valence-corrected chi connectivity index (χ4v) is 3.83. The van der Waals surface area contributed by atoms with Gasteiger partial charge in [0.05, 0.1) is 16.6 Å². The average molecular weight is 363 g/mol. The number of rotatable bonds is 2. The lowest BCUT2D eigenvalue weighted by atomic mass is 9.97. The highest BCUT2D eigenvalue weighted by Gasteiger charge is 2.21. The number of aromatic nitrogens is 1. The maximum atomic E-state index is 13.6. The molecule has 134 valence electrons. The van der Waals surface area contributed by atoms with Gasteiger partial charge in [-0.25, -0.2) is 0 Å². The zero-order valence-corrected chi connectivity index (χ0v) is 15.0. The van der Waals surface area contributed by atoms with E-state index in [9.17, 15) is 9.90 Å².